The molecule has 4 aliphatic rings. The smallest absolute Gasteiger partial charge is 0.410 e. The molecule has 0 unspecified atom stereocenters. The number of aromatic nitrogens is 2. The number of ketones is 1. The number of allylic oxidation sites excluding steroid dienone is 4. The summed E-state index contributed by atoms with van der Waals surface area (Å²) in [5, 5.41) is 10.3. The van der Waals surface area contributed by atoms with Crippen LogP contribution < -0.4 is 9.64 Å². The fourth-order valence-corrected chi connectivity index (χ4v) is 7.76. The zero-order valence-electron chi connectivity index (χ0n) is 32.8. The van der Waals surface area contributed by atoms with E-state index in [9.17, 15) is 14.9 Å². The maximum atomic E-state index is 14.0. The number of carbonyl (C=O) groups excluding carboxylic acids is 2. The van der Waals surface area contributed by atoms with Crippen LogP contribution in [0.2, 0.25) is 0 Å². The van der Waals surface area contributed by atoms with E-state index < -0.39 is 16.8 Å². The van der Waals surface area contributed by atoms with Crippen LogP contribution in [0, 0.1) is 28.6 Å². The average Bonchev–Trinajstić information content (AvgIpc) is 3.68. The lowest BCUT2D eigenvalue weighted by Gasteiger charge is -2.42. The first-order valence-corrected chi connectivity index (χ1v) is 18.6. The van der Waals surface area contributed by atoms with E-state index in [2.05, 4.69) is 44.7 Å². The number of aliphatic imine (C=N–C) groups is 1. The van der Waals surface area contributed by atoms with Gasteiger partial charge in [-0.15, -0.1) is 0 Å². The van der Waals surface area contributed by atoms with E-state index in [-0.39, 0.29) is 29.6 Å². The summed E-state index contributed by atoms with van der Waals surface area (Å²) in [7, 11) is 5.86. The Bertz CT molecular complexity index is 1750. The zero-order chi connectivity index (χ0) is 38.0. The number of nitrogens with zero attached hydrogens (tertiary/aromatic N) is 8. The van der Waals surface area contributed by atoms with Crippen molar-refractivity contribution in [2.45, 2.75) is 117 Å². The molecular weight excluding hydrogens is 656 g/mol. The molecule has 2 aliphatic carbocycles. The van der Waals surface area contributed by atoms with Crippen LogP contribution in [0.3, 0.4) is 0 Å². The molecular formula is C40H56N8O4. The third-order valence-corrected chi connectivity index (χ3v) is 10.6. The lowest BCUT2D eigenvalue weighted by molar-refractivity contribution is 0.0106. The number of carbonyl (C=O) groups is 2. The molecule has 0 bridgehead atoms. The Morgan fingerprint density at radius 3 is 2.50 bits per heavy atom. The van der Waals surface area contributed by atoms with Gasteiger partial charge in [0.15, 0.2) is 0 Å². The molecule has 2 aliphatic heterocycles. The average molecular weight is 713 g/mol. The zero-order valence-corrected chi connectivity index (χ0v) is 32.8. The van der Waals surface area contributed by atoms with E-state index in [4.69, 9.17) is 14.5 Å². The topological polar surface area (TPSA) is 127 Å². The quantitative estimate of drug-likeness (QED) is 0.0790. The fourth-order valence-electron chi connectivity index (χ4n) is 7.76. The first kappa shape index (κ1) is 38.8. The Labute approximate surface area is 309 Å². The first-order chi connectivity index (χ1) is 24.4. The van der Waals surface area contributed by atoms with Crippen LogP contribution in [0.25, 0.3) is 0 Å². The molecule has 0 aromatic carbocycles. The summed E-state index contributed by atoms with van der Waals surface area (Å²) in [5.74, 6) is 6.52. The molecule has 0 radical (unpaired) electrons. The number of hydrogen-bond donors (Lipinski definition) is 0. The Morgan fingerprint density at radius 1 is 1.15 bits per heavy atom. The van der Waals surface area contributed by atoms with Gasteiger partial charge in [-0.25, -0.2) is 14.8 Å². The minimum absolute atomic E-state index is 0.0316. The molecule has 3 fully saturated rings. The maximum absolute atomic E-state index is 14.0. The number of nitriles is 1. The van der Waals surface area contributed by atoms with E-state index in [0.29, 0.717) is 49.0 Å². The van der Waals surface area contributed by atoms with E-state index >= 15 is 0 Å². The maximum Gasteiger partial charge on any atom is 0.410 e. The van der Waals surface area contributed by atoms with Crippen molar-refractivity contribution in [2.24, 2.45) is 10.4 Å². The van der Waals surface area contributed by atoms with Gasteiger partial charge >= 0.3 is 6.09 Å². The summed E-state index contributed by atoms with van der Waals surface area (Å²) >= 11 is 0. The van der Waals surface area contributed by atoms with Gasteiger partial charge in [-0.1, -0.05) is 11.5 Å². The van der Waals surface area contributed by atoms with Gasteiger partial charge in [0.1, 0.15) is 23.6 Å². The summed E-state index contributed by atoms with van der Waals surface area (Å²) in [6, 6.07) is 4.42. The van der Waals surface area contributed by atoms with Gasteiger partial charge < -0.3 is 19.3 Å². The minimum Gasteiger partial charge on any atom is -0.473 e. The molecule has 5 rings (SSSR count). The summed E-state index contributed by atoms with van der Waals surface area (Å²) in [4.78, 5) is 49.2. The Kier molecular flexibility index (Phi) is 11.4. The van der Waals surface area contributed by atoms with Gasteiger partial charge in [-0.05, 0) is 118 Å². The standard InChI is InChI=1S/C40H56N8O4/c1-27-13-11-16-39(7,35(27)30(24-41)28(2)42-26-45(8)9)17-15-32(49)36-43-33(23-34(44-36)51-29(3)31-14-12-20-46(31)10)47-21-22-48(40(25-47)18-19-40)37(50)52-38(4,5)6/h23,26,29,31H,11-14,16,18-22,25H2,1-10H3/b30-28+,42-26?/t29-,31-,39+/m0/s1. The predicted octanol–water partition coefficient (Wildman–Crippen LogP) is 6.01. The van der Waals surface area contributed by atoms with Gasteiger partial charge in [0.25, 0.3) is 5.78 Å². The molecule has 12 nitrogen and oxygen atoms in total. The summed E-state index contributed by atoms with van der Waals surface area (Å²) in [6.07, 6.45) is 7.51. The van der Waals surface area contributed by atoms with Crippen LogP contribution in [0.5, 0.6) is 5.88 Å². The highest BCUT2D eigenvalue weighted by atomic mass is 16.6. The number of likely N-dealkylation sites (N-methyl/N-ethyl adjacent to an activating group) is 1. The number of piperazine rings is 1. The van der Waals surface area contributed by atoms with Crippen molar-refractivity contribution in [3.05, 3.63) is 34.3 Å². The highest BCUT2D eigenvalue weighted by Crippen LogP contribution is 2.46. The molecule has 52 heavy (non-hydrogen) atoms. The summed E-state index contributed by atoms with van der Waals surface area (Å²) < 4.78 is 12.2. The van der Waals surface area contributed by atoms with Gasteiger partial charge in [-0.3, -0.25) is 14.6 Å². The van der Waals surface area contributed by atoms with Gasteiger partial charge in [0.05, 0.1) is 28.6 Å². The van der Waals surface area contributed by atoms with Crippen molar-refractivity contribution in [1.29, 1.82) is 5.26 Å². The van der Waals surface area contributed by atoms with Gasteiger partial charge in [-0.2, -0.15) is 10.2 Å². The number of Topliss-reactive ketones (excluding diaryl/α,β-unsaturated/α-hetero) is 1. The highest BCUT2D eigenvalue weighted by Gasteiger charge is 2.54. The lowest BCUT2D eigenvalue weighted by atomic mass is 9.69. The van der Waals surface area contributed by atoms with Crippen LogP contribution >= 0.6 is 0 Å². The van der Waals surface area contributed by atoms with Crippen LogP contribution in [0.15, 0.2) is 33.5 Å². The summed E-state index contributed by atoms with van der Waals surface area (Å²) in [6.45, 7) is 16.1. The summed E-state index contributed by atoms with van der Waals surface area (Å²) in [5.41, 5.74) is 1.33. The van der Waals surface area contributed by atoms with Crippen molar-refractivity contribution in [3.63, 3.8) is 0 Å². The van der Waals surface area contributed by atoms with Crippen molar-refractivity contribution in [3.8, 4) is 23.8 Å². The third kappa shape index (κ3) is 8.78. The van der Waals surface area contributed by atoms with E-state index in [1.165, 1.54) is 0 Å². The molecule has 1 spiro atoms. The minimum atomic E-state index is -0.743. The normalized spacial score (nSPS) is 24.2. The fraction of sp³-hybridized carbons (Fsp3) is 0.650. The third-order valence-electron chi connectivity index (χ3n) is 10.6. The Morgan fingerprint density at radius 2 is 1.88 bits per heavy atom. The molecule has 1 saturated carbocycles. The van der Waals surface area contributed by atoms with Gasteiger partial charge in [0.2, 0.25) is 11.7 Å². The van der Waals surface area contributed by atoms with Gasteiger partial charge in [0, 0.05) is 45.8 Å². The second kappa shape index (κ2) is 15.3. The Balaban J connectivity index is 1.47. The lowest BCUT2D eigenvalue weighted by Crippen LogP contribution is -2.58. The molecule has 1 aromatic heterocycles. The second-order valence-corrected chi connectivity index (χ2v) is 16.4. The largest absolute Gasteiger partial charge is 0.473 e. The van der Waals surface area contributed by atoms with Crippen molar-refractivity contribution >= 4 is 24.0 Å². The molecule has 280 valence electrons. The number of anilines is 1. The number of ether oxygens (including phenoxy) is 2. The predicted molar refractivity (Wildman–Crippen MR) is 202 cm³/mol. The molecule has 2 saturated heterocycles. The first-order valence-electron chi connectivity index (χ1n) is 18.6. The number of amides is 1. The molecule has 1 amide bonds. The van der Waals surface area contributed by atoms with E-state index in [1.54, 1.807) is 6.34 Å². The number of hydrogen-bond acceptors (Lipinski definition) is 10. The van der Waals surface area contributed by atoms with Crippen molar-refractivity contribution < 1.29 is 19.1 Å². The molecule has 3 atom stereocenters. The van der Waals surface area contributed by atoms with E-state index in [1.807, 2.05) is 78.4 Å². The Hall–Kier alpha value is -4.42. The molecule has 3 heterocycles. The van der Waals surface area contributed by atoms with Crippen molar-refractivity contribution in [1.82, 2.24) is 24.7 Å². The molecule has 12 heteroatoms. The molecule has 1 aromatic rings. The van der Waals surface area contributed by atoms with Crippen LogP contribution in [0.4, 0.5) is 10.6 Å². The van der Waals surface area contributed by atoms with E-state index in [0.717, 1.165) is 56.2 Å². The van der Waals surface area contributed by atoms with Crippen LogP contribution in [-0.4, -0.2) is 113 Å². The second-order valence-electron chi connectivity index (χ2n) is 16.4. The number of likely N-dealkylation sites (tertiary alicyclic amines) is 1. The molecule has 0 N–H and O–H groups in total. The monoisotopic (exact) mass is 712 g/mol. The van der Waals surface area contributed by atoms with Crippen LogP contribution in [0.1, 0.15) is 104 Å². The van der Waals surface area contributed by atoms with Crippen molar-refractivity contribution in [2.75, 3.05) is 52.2 Å². The number of rotatable bonds is 8. The SMILES string of the molecule is CC1=C(/C(C#N)=C(\C)N=CN(C)C)[C@@](C)(C#CC(=O)c2nc(O[C@@H](C)[C@@H]3CCCN3C)cc(N3CCN(C(=O)OC(C)(C)C)C4(CC4)C3)n2)CCC1. The highest BCUT2D eigenvalue weighted by molar-refractivity contribution is 6.06. The van der Waals surface area contributed by atoms with Crippen LogP contribution in [-0.2, 0) is 4.74 Å².